The van der Waals surface area contributed by atoms with E-state index in [0.717, 1.165) is 58.6 Å². The number of H-pyrrole nitrogens is 1. The number of aromatic amines is 1. The molecule has 0 unspecified atom stereocenters. The van der Waals surface area contributed by atoms with E-state index >= 15 is 0 Å². The molecular formula is C16H23N3O3. The quantitative estimate of drug-likeness (QED) is 0.893. The zero-order valence-electron chi connectivity index (χ0n) is 12.8. The Morgan fingerprint density at radius 3 is 2.86 bits per heavy atom. The minimum absolute atomic E-state index is 0.00443. The van der Waals surface area contributed by atoms with Gasteiger partial charge in [-0.1, -0.05) is 0 Å². The first-order valence-electron chi connectivity index (χ1n) is 8.04. The Morgan fingerprint density at radius 1 is 1.23 bits per heavy atom. The molecule has 120 valence electrons. The number of amides is 1. The van der Waals surface area contributed by atoms with Gasteiger partial charge in [-0.05, 0) is 31.9 Å². The zero-order valence-corrected chi connectivity index (χ0v) is 12.8. The van der Waals surface area contributed by atoms with Crippen molar-refractivity contribution in [2.45, 2.75) is 25.4 Å². The number of rotatable bonds is 3. The van der Waals surface area contributed by atoms with Crippen LogP contribution in [0.5, 0.6) is 0 Å². The first kappa shape index (κ1) is 15.2. The van der Waals surface area contributed by atoms with Gasteiger partial charge >= 0.3 is 0 Å². The zero-order chi connectivity index (χ0) is 15.4. The molecule has 2 saturated heterocycles. The molecule has 1 atom stereocenters. The van der Waals surface area contributed by atoms with E-state index in [1.165, 1.54) is 12.3 Å². The molecule has 3 rings (SSSR count). The summed E-state index contributed by atoms with van der Waals surface area (Å²) >= 11 is 0. The lowest BCUT2D eigenvalue weighted by Gasteiger charge is -2.24. The lowest BCUT2D eigenvalue weighted by molar-refractivity contribution is 0.0704. The van der Waals surface area contributed by atoms with Crippen LogP contribution in [-0.4, -0.2) is 66.1 Å². The number of aromatic nitrogens is 1. The third-order valence-electron chi connectivity index (χ3n) is 4.39. The van der Waals surface area contributed by atoms with Gasteiger partial charge in [0.25, 0.3) is 5.91 Å². The molecule has 0 aromatic carbocycles. The second-order valence-electron chi connectivity index (χ2n) is 6.02. The minimum Gasteiger partial charge on any atom is -0.377 e. The van der Waals surface area contributed by atoms with E-state index in [1.807, 2.05) is 4.90 Å². The van der Waals surface area contributed by atoms with Crippen molar-refractivity contribution in [3.8, 4) is 0 Å². The van der Waals surface area contributed by atoms with Crippen LogP contribution in [0.15, 0.2) is 23.1 Å². The van der Waals surface area contributed by atoms with Crippen LogP contribution >= 0.6 is 0 Å². The van der Waals surface area contributed by atoms with Gasteiger partial charge in [0.2, 0.25) is 5.56 Å². The fourth-order valence-corrected chi connectivity index (χ4v) is 3.16. The van der Waals surface area contributed by atoms with Crippen LogP contribution in [0.1, 0.15) is 29.6 Å². The van der Waals surface area contributed by atoms with Crippen molar-refractivity contribution < 1.29 is 9.53 Å². The Kier molecular flexibility index (Phi) is 4.90. The third kappa shape index (κ3) is 3.75. The van der Waals surface area contributed by atoms with Crippen LogP contribution in [-0.2, 0) is 4.74 Å². The van der Waals surface area contributed by atoms with E-state index in [2.05, 4.69) is 9.88 Å². The molecular weight excluding hydrogens is 282 g/mol. The summed E-state index contributed by atoms with van der Waals surface area (Å²) in [5.74, 6) is -0.00443. The smallest absolute Gasteiger partial charge is 0.255 e. The van der Waals surface area contributed by atoms with Crippen molar-refractivity contribution in [2.24, 2.45) is 0 Å². The van der Waals surface area contributed by atoms with Gasteiger partial charge < -0.3 is 14.6 Å². The van der Waals surface area contributed by atoms with Crippen molar-refractivity contribution in [1.82, 2.24) is 14.8 Å². The molecule has 1 N–H and O–H groups in total. The van der Waals surface area contributed by atoms with Crippen LogP contribution in [0.4, 0.5) is 0 Å². The summed E-state index contributed by atoms with van der Waals surface area (Å²) in [6.07, 6.45) is 5.15. The monoisotopic (exact) mass is 305 g/mol. The van der Waals surface area contributed by atoms with Crippen LogP contribution in [0.3, 0.4) is 0 Å². The summed E-state index contributed by atoms with van der Waals surface area (Å²) in [5, 5.41) is 0. The predicted octanol–water partition coefficient (Wildman–Crippen LogP) is 0.702. The average Bonchev–Trinajstić information content (AvgIpc) is 2.92. The van der Waals surface area contributed by atoms with Crippen molar-refractivity contribution in [1.29, 1.82) is 0 Å². The Hall–Kier alpha value is -1.66. The van der Waals surface area contributed by atoms with Gasteiger partial charge in [0.15, 0.2) is 0 Å². The topological polar surface area (TPSA) is 65.6 Å². The molecule has 3 heterocycles. The molecule has 0 saturated carbocycles. The molecule has 0 radical (unpaired) electrons. The van der Waals surface area contributed by atoms with Crippen LogP contribution in [0.25, 0.3) is 0 Å². The average molecular weight is 305 g/mol. The van der Waals surface area contributed by atoms with E-state index in [0.29, 0.717) is 11.7 Å². The maximum atomic E-state index is 12.5. The molecule has 22 heavy (non-hydrogen) atoms. The van der Waals surface area contributed by atoms with Crippen molar-refractivity contribution in [2.75, 3.05) is 39.3 Å². The van der Waals surface area contributed by atoms with Gasteiger partial charge in [-0.2, -0.15) is 0 Å². The third-order valence-corrected chi connectivity index (χ3v) is 4.39. The van der Waals surface area contributed by atoms with E-state index in [-0.39, 0.29) is 11.5 Å². The van der Waals surface area contributed by atoms with Gasteiger partial charge in [-0.15, -0.1) is 0 Å². The second-order valence-corrected chi connectivity index (χ2v) is 6.02. The number of hydrogen-bond donors (Lipinski definition) is 1. The summed E-state index contributed by atoms with van der Waals surface area (Å²) in [7, 11) is 0. The highest BCUT2D eigenvalue weighted by Crippen LogP contribution is 2.15. The SMILES string of the molecule is O=C(c1ccc(=O)[nH]c1)N1CCCN(C[C@H]2CCCO2)CC1. The van der Waals surface area contributed by atoms with E-state index in [9.17, 15) is 9.59 Å². The maximum Gasteiger partial charge on any atom is 0.255 e. The van der Waals surface area contributed by atoms with Crippen LogP contribution in [0.2, 0.25) is 0 Å². The molecule has 6 heteroatoms. The number of ether oxygens (including phenoxy) is 1. The fourth-order valence-electron chi connectivity index (χ4n) is 3.16. The van der Waals surface area contributed by atoms with Crippen molar-refractivity contribution in [3.05, 3.63) is 34.2 Å². The predicted molar refractivity (Wildman–Crippen MR) is 83.0 cm³/mol. The Bertz CT molecular complexity index is 546. The lowest BCUT2D eigenvalue weighted by Crippen LogP contribution is -2.37. The number of pyridine rings is 1. The van der Waals surface area contributed by atoms with Gasteiger partial charge in [-0.25, -0.2) is 0 Å². The highest BCUT2D eigenvalue weighted by atomic mass is 16.5. The van der Waals surface area contributed by atoms with Gasteiger partial charge in [0, 0.05) is 45.0 Å². The molecule has 1 aromatic heterocycles. The highest BCUT2D eigenvalue weighted by molar-refractivity contribution is 5.93. The summed E-state index contributed by atoms with van der Waals surface area (Å²) in [6, 6.07) is 2.99. The second kappa shape index (κ2) is 7.07. The Morgan fingerprint density at radius 2 is 2.14 bits per heavy atom. The van der Waals surface area contributed by atoms with Crippen molar-refractivity contribution >= 4 is 5.91 Å². The van der Waals surface area contributed by atoms with Gasteiger partial charge in [-0.3, -0.25) is 14.5 Å². The normalized spacial score (nSPS) is 23.5. The largest absolute Gasteiger partial charge is 0.377 e. The minimum atomic E-state index is -0.185. The van der Waals surface area contributed by atoms with Crippen LogP contribution < -0.4 is 5.56 Å². The molecule has 0 bridgehead atoms. The molecule has 6 nitrogen and oxygen atoms in total. The summed E-state index contributed by atoms with van der Waals surface area (Å²) in [6.45, 7) is 5.24. The number of nitrogens with one attached hydrogen (secondary N) is 1. The standard InChI is InChI=1S/C16H23N3O3/c20-15-5-4-13(11-17-15)16(21)19-7-2-6-18(8-9-19)12-14-3-1-10-22-14/h4-5,11,14H,1-3,6-10,12H2,(H,17,20)/t14-/m1/s1. The van der Waals surface area contributed by atoms with Gasteiger partial charge in [0.05, 0.1) is 11.7 Å². The molecule has 2 aliphatic heterocycles. The number of carbonyl (C=O) groups excluding carboxylic acids is 1. The Labute approximate surface area is 130 Å². The van der Waals surface area contributed by atoms with Crippen LogP contribution in [0, 0.1) is 0 Å². The lowest BCUT2D eigenvalue weighted by atomic mass is 10.2. The van der Waals surface area contributed by atoms with E-state index < -0.39 is 0 Å². The molecule has 0 aliphatic carbocycles. The summed E-state index contributed by atoms with van der Waals surface area (Å²) < 4.78 is 5.70. The molecule has 1 aromatic rings. The summed E-state index contributed by atoms with van der Waals surface area (Å²) in [4.78, 5) is 30.4. The van der Waals surface area contributed by atoms with E-state index in [1.54, 1.807) is 6.07 Å². The Balaban J connectivity index is 1.56. The number of nitrogens with zero attached hydrogens (tertiary/aromatic N) is 2. The molecule has 1 amide bonds. The first-order chi connectivity index (χ1) is 10.7. The molecule has 2 fully saturated rings. The van der Waals surface area contributed by atoms with E-state index in [4.69, 9.17) is 4.74 Å². The summed E-state index contributed by atoms with van der Waals surface area (Å²) in [5.41, 5.74) is 0.363. The fraction of sp³-hybridized carbons (Fsp3) is 0.625. The number of carbonyl (C=O) groups is 1. The molecule has 2 aliphatic rings. The van der Waals surface area contributed by atoms with Gasteiger partial charge in [0.1, 0.15) is 0 Å². The maximum absolute atomic E-state index is 12.5. The first-order valence-corrected chi connectivity index (χ1v) is 8.04. The van der Waals surface area contributed by atoms with Crippen molar-refractivity contribution in [3.63, 3.8) is 0 Å². The molecule has 0 spiro atoms. The number of hydrogen-bond acceptors (Lipinski definition) is 4. The highest BCUT2D eigenvalue weighted by Gasteiger charge is 2.23.